The van der Waals surface area contributed by atoms with Crippen LogP contribution in [0.25, 0.3) is 10.7 Å². The van der Waals surface area contributed by atoms with E-state index in [1.807, 2.05) is 18.2 Å². The number of hydrogen-bond donors (Lipinski definition) is 1. The molecule has 5 heteroatoms. The molecule has 2 aromatic rings. The molecule has 0 bridgehead atoms. The number of pyridine rings is 1. The van der Waals surface area contributed by atoms with Crippen molar-refractivity contribution in [1.82, 2.24) is 15.3 Å². The standard InChI is InChI=1S/C14H17N3OS/c1-2-6-15-13(3-1)14-17-12(10-19-14)9-16-11-4-7-18-8-5-11/h1-3,6,10-11,16H,4-5,7-9H2. The maximum Gasteiger partial charge on any atom is 0.142 e. The predicted molar refractivity (Wildman–Crippen MR) is 76.0 cm³/mol. The third kappa shape index (κ3) is 3.37. The van der Waals surface area contributed by atoms with Crippen LogP contribution in [-0.2, 0) is 11.3 Å². The summed E-state index contributed by atoms with van der Waals surface area (Å²) in [5.74, 6) is 0. The molecule has 3 rings (SSSR count). The summed E-state index contributed by atoms with van der Waals surface area (Å²) < 4.78 is 5.35. The second-order valence-corrected chi connectivity index (χ2v) is 5.48. The van der Waals surface area contributed by atoms with Gasteiger partial charge in [-0.05, 0) is 25.0 Å². The molecule has 19 heavy (non-hydrogen) atoms. The fourth-order valence-corrected chi connectivity index (χ4v) is 2.94. The second-order valence-electron chi connectivity index (χ2n) is 4.63. The minimum atomic E-state index is 0.564. The van der Waals surface area contributed by atoms with Gasteiger partial charge in [-0.25, -0.2) is 4.98 Å². The van der Waals surface area contributed by atoms with Gasteiger partial charge >= 0.3 is 0 Å². The topological polar surface area (TPSA) is 47.0 Å². The van der Waals surface area contributed by atoms with Crippen LogP contribution in [0.2, 0.25) is 0 Å². The van der Waals surface area contributed by atoms with Crippen molar-refractivity contribution in [1.29, 1.82) is 0 Å². The highest BCUT2D eigenvalue weighted by Gasteiger charge is 2.13. The van der Waals surface area contributed by atoms with E-state index in [9.17, 15) is 0 Å². The molecule has 0 saturated carbocycles. The van der Waals surface area contributed by atoms with Crippen LogP contribution in [0, 0.1) is 0 Å². The first-order chi connectivity index (χ1) is 9.42. The van der Waals surface area contributed by atoms with Gasteiger partial charge in [0.05, 0.1) is 11.4 Å². The van der Waals surface area contributed by atoms with Crippen molar-refractivity contribution >= 4 is 11.3 Å². The summed E-state index contributed by atoms with van der Waals surface area (Å²) >= 11 is 1.65. The molecule has 1 aliphatic rings. The van der Waals surface area contributed by atoms with Crippen molar-refractivity contribution in [2.24, 2.45) is 0 Å². The molecule has 100 valence electrons. The average Bonchev–Trinajstić information content (AvgIpc) is 2.96. The van der Waals surface area contributed by atoms with E-state index in [1.165, 1.54) is 0 Å². The van der Waals surface area contributed by atoms with Gasteiger partial charge in [0.2, 0.25) is 0 Å². The molecule has 0 spiro atoms. The van der Waals surface area contributed by atoms with Gasteiger partial charge in [-0.2, -0.15) is 0 Å². The monoisotopic (exact) mass is 275 g/mol. The number of aromatic nitrogens is 2. The molecule has 0 unspecified atom stereocenters. The summed E-state index contributed by atoms with van der Waals surface area (Å²) in [5.41, 5.74) is 2.04. The molecule has 0 aliphatic carbocycles. The predicted octanol–water partition coefficient (Wildman–Crippen LogP) is 2.47. The van der Waals surface area contributed by atoms with Gasteiger partial charge in [-0.1, -0.05) is 6.07 Å². The van der Waals surface area contributed by atoms with Crippen LogP contribution >= 0.6 is 11.3 Å². The van der Waals surface area contributed by atoms with E-state index in [0.29, 0.717) is 6.04 Å². The first-order valence-corrected chi connectivity index (χ1v) is 7.47. The zero-order valence-electron chi connectivity index (χ0n) is 10.7. The van der Waals surface area contributed by atoms with E-state index in [-0.39, 0.29) is 0 Å². The normalized spacial score (nSPS) is 16.6. The minimum Gasteiger partial charge on any atom is -0.381 e. The first-order valence-electron chi connectivity index (χ1n) is 6.59. The molecule has 3 heterocycles. The highest BCUT2D eigenvalue weighted by molar-refractivity contribution is 7.13. The third-order valence-corrected chi connectivity index (χ3v) is 4.14. The highest BCUT2D eigenvalue weighted by Crippen LogP contribution is 2.21. The molecule has 0 amide bonds. The van der Waals surface area contributed by atoms with Gasteiger partial charge < -0.3 is 10.1 Å². The molecule has 0 aromatic carbocycles. The summed E-state index contributed by atoms with van der Waals surface area (Å²) in [6.45, 7) is 2.57. The lowest BCUT2D eigenvalue weighted by atomic mass is 10.1. The number of rotatable bonds is 4. The lowest BCUT2D eigenvalue weighted by Crippen LogP contribution is -2.34. The van der Waals surface area contributed by atoms with E-state index in [2.05, 4.69) is 20.7 Å². The SMILES string of the molecule is c1ccc(-c2nc(CNC3CCOCC3)cs2)nc1. The quantitative estimate of drug-likeness (QED) is 0.931. The third-order valence-electron chi connectivity index (χ3n) is 3.23. The van der Waals surface area contributed by atoms with E-state index in [4.69, 9.17) is 4.74 Å². The number of thiazole rings is 1. The zero-order valence-corrected chi connectivity index (χ0v) is 11.5. The molecule has 1 N–H and O–H groups in total. The molecule has 1 aliphatic heterocycles. The van der Waals surface area contributed by atoms with Gasteiger partial charge in [0.1, 0.15) is 5.01 Å². The van der Waals surface area contributed by atoms with Crippen molar-refractivity contribution in [3.05, 3.63) is 35.5 Å². The number of ether oxygens (including phenoxy) is 1. The van der Waals surface area contributed by atoms with Crippen molar-refractivity contribution in [3.8, 4) is 10.7 Å². The Labute approximate surface area is 116 Å². The molecule has 0 radical (unpaired) electrons. The summed E-state index contributed by atoms with van der Waals surface area (Å²) in [5, 5.41) is 6.64. The highest BCUT2D eigenvalue weighted by atomic mass is 32.1. The summed E-state index contributed by atoms with van der Waals surface area (Å²) in [6.07, 6.45) is 3.99. The fraction of sp³-hybridized carbons (Fsp3) is 0.429. The largest absolute Gasteiger partial charge is 0.381 e. The fourth-order valence-electron chi connectivity index (χ4n) is 2.15. The number of nitrogens with one attached hydrogen (secondary N) is 1. The second kappa shape index (κ2) is 6.23. The molecular weight excluding hydrogens is 258 g/mol. The van der Waals surface area contributed by atoms with Crippen molar-refractivity contribution in [3.63, 3.8) is 0 Å². The van der Waals surface area contributed by atoms with Crippen LogP contribution in [0.1, 0.15) is 18.5 Å². The van der Waals surface area contributed by atoms with E-state index >= 15 is 0 Å². The Morgan fingerprint density at radius 2 is 2.21 bits per heavy atom. The van der Waals surface area contributed by atoms with Gasteiger partial charge in [-0.15, -0.1) is 11.3 Å². The maximum atomic E-state index is 5.35. The molecular formula is C14H17N3OS. The summed E-state index contributed by atoms with van der Waals surface area (Å²) in [4.78, 5) is 8.95. The zero-order chi connectivity index (χ0) is 12.9. The van der Waals surface area contributed by atoms with Crippen molar-refractivity contribution in [2.45, 2.75) is 25.4 Å². The van der Waals surface area contributed by atoms with E-state index in [0.717, 1.165) is 49.0 Å². The Morgan fingerprint density at radius 1 is 1.32 bits per heavy atom. The van der Waals surface area contributed by atoms with E-state index < -0.39 is 0 Å². The molecule has 0 atom stereocenters. The van der Waals surface area contributed by atoms with Crippen LogP contribution in [0.3, 0.4) is 0 Å². The number of hydrogen-bond acceptors (Lipinski definition) is 5. The summed E-state index contributed by atoms with van der Waals surface area (Å²) in [7, 11) is 0. The van der Waals surface area contributed by atoms with Gasteiger partial charge in [0, 0.05) is 37.4 Å². The van der Waals surface area contributed by atoms with E-state index in [1.54, 1.807) is 17.5 Å². The Kier molecular flexibility index (Phi) is 4.17. The van der Waals surface area contributed by atoms with Gasteiger partial charge in [-0.3, -0.25) is 4.98 Å². The number of nitrogens with zero attached hydrogens (tertiary/aromatic N) is 2. The Hall–Kier alpha value is -1.30. The Morgan fingerprint density at radius 3 is 3.00 bits per heavy atom. The molecule has 1 saturated heterocycles. The lowest BCUT2D eigenvalue weighted by molar-refractivity contribution is 0.0775. The van der Waals surface area contributed by atoms with Gasteiger partial charge in [0.15, 0.2) is 0 Å². The molecule has 2 aromatic heterocycles. The van der Waals surface area contributed by atoms with Gasteiger partial charge in [0.25, 0.3) is 0 Å². The van der Waals surface area contributed by atoms with Crippen molar-refractivity contribution < 1.29 is 4.74 Å². The smallest absolute Gasteiger partial charge is 0.142 e. The Balaban J connectivity index is 1.59. The van der Waals surface area contributed by atoms with Crippen LogP contribution in [-0.4, -0.2) is 29.2 Å². The Bertz CT molecular complexity index is 508. The molecule has 1 fully saturated rings. The maximum absolute atomic E-state index is 5.35. The first kappa shape index (κ1) is 12.7. The van der Waals surface area contributed by atoms with Crippen molar-refractivity contribution in [2.75, 3.05) is 13.2 Å². The van der Waals surface area contributed by atoms with Crippen LogP contribution in [0.4, 0.5) is 0 Å². The van der Waals surface area contributed by atoms with Crippen LogP contribution in [0.5, 0.6) is 0 Å². The molecule has 4 nitrogen and oxygen atoms in total. The van der Waals surface area contributed by atoms with Crippen LogP contribution < -0.4 is 5.32 Å². The minimum absolute atomic E-state index is 0.564. The average molecular weight is 275 g/mol. The van der Waals surface area contributed by atoms with Crippen LogP contribution in [0.15, 0.2) is 29.8 Å². The summed E-state index contributed by atoms with van der Waals surface area (Å²) in [6, 6.07) is 6.47. The lowest BCUT2D eigenvalue weighted by Gasteiger charge is -2.22.